The molecule has 0 amide bonds. The predicted octanol–water partition coefficient (Wildman–Crippen LogP) is 4.48. The van der Waals surface area contributed by atoms with Gasteiger partial charge in [-0.1, -0.05) is 51.9 Å². The summed E-state index contributed by atoms with van der Waals surface area (Å²) in [5.41, 5.74) is 8.12. The third kappa shape index (κ3) is 3.02. The van der Waals surface area contributed by atoms with Crippen molar-refractivity contribution in [3.8, 4) is 0 Å². The number of nitrogens with one attached hydrogen (secondary N) is 1. The monoisotopic (exact) mass is 340 g/mol. The standard InChI is InChI=1S/C13H10BrClN2S/c14-8-5-6-10(15)12(7-8)17-11-4-2-1-3-9(11)13(16)18/h1-7,17H,(H2,16,18). The molecule has 0 atom stereocenters. The van der Waals surface area contributed by atoms with E-state index in [0.29, 0.717) is 10.0 Å². The minimum Gasteiger partial charge on any atom is -0.389 e. The fourth-order valence-electron chi connectivity index (χ4n) is 1.55. The smallest absolute Gasteiger partial charge is 0.106 e. The molecule has 5 heteroatoms. The van der Waals surface area contributed by atoms with E-state index < -0.39 is 0 Å². The molecule has 2 nitrogen and oxygen atoms in total. The second kappa shape index (κ2) is 5.69. The number of halogens is 2. The number of hydrogen-bond acceptors (Lipinski definition) is 2. The van der Waals surface area contributed by atoms with Gasteiger partial charge in [-0.3, -0.25) is 0 Å². The van der Waals surface area contributed by atoms with Gasteiger partial charge in [0.1, 0.15) is 4.99 Å². The van der Waals surface area contributed by atoms with Crippen molar-refractivity contribution in [1.29, 1.82) is 0 Å². The molecular weight excluding hydrogens is 332 g/mol. The van der Waals surface area contributed by atoms with Gasteiger partial charge in [0.15, 0.2) is 0 Å². The summed E-state index contributed by atoms with van der Waals surface area (Å²) in [7, 11) is 0. The molecule has 3 N–H and O–H groups in total. The van der Waals surface area contributed by atoms with Crippen LogP contribution in [0.15, 0.2) is 46.9 Å². The number of anilines is 2. The molecular formula is C13H10BrClN2S. The van der Waals surface area contributed by atoms with Crippen LogP contribution in [0.5, 0.6) is 0 Å². The first-order valence-electron chi connectivity index (χ1n) is 5.19. The fraction of sp³-hybridized carbons (Fsp3) is 0. The second-order valence-corrected chi connectivity index (χ2v) is 5.42. The van der Waals surface area contributed by atoms with Gasteiger partial charge < -0.3 is 11.1 Å². The Hall–Kier alpha value is -1.10. The van der Waals surface area contributed by atoms with Gasteiger partial charge in [0.25, 0.3) is 0 Å². The molecule has 92 valence electrons. The Bertz CT molecular complexity index is 601. The summed E-state index contributed by atoms with van der Waals surface area (Å²) in [4.78, 5) is 0.351. The number of thiocarbonyl (C=S) groups is 1. The second-order valence-electron chi connectivity index (χ2n) is 3.66. The van der Waals surface area contributed by atoms with Crippen molar-refractivity contribution in [2.45, 2.75) is 0 Å². The van der Waals surface area contributed by atoms with Gasteiger partial charge in [0, 0.05) is 15.7 Å². The van der Waals surface area contributed by atoms with E-state index in [4.69, 9.17) is 29.6 Å². The van der Waals surface area contributed by atoms with E-state index in [0.717, 1.165) is 21.4 Å². The zero-order valence-corrected chi connectivity index (χ0v) is 12.4. The normalized spacial score (nSPS) is 10.1. The molecule has 2 rings (SSSR count). The van der Waals surface area contributed by atoms with E-state index in [2.05, 4.69) is 21.2 Å². The zero-order chi connectivity index (χ0) is 13.1. The highest BCUT2D eigenvalue weighted by atomic mass is 79.9. The molecule has 0 heterocycles. The molecule has 0 radical (unpaired) electrons. The van der Waals surface area contributed by atoms with Crippen LogP contribution >= 0.6 is 39.7 Å². The highest BCUT2D eigenvalue weighted by Crippen LogP contribution is 2.29. The summed E-state index contributed by atoms with van der Waals surface area (Å²) in [5.74, 6) is 0. The third-order valence-corrected chi connectivity index (χ3v) is 3.43. The van der Waals surface area contributed by atoms with Gasteiger partial charge in [-0.25, -0.2) is 0 Å². The van der Waals surface area contributed by atoms with Gasteiger partial charge >= 0.3 is 0 Å². The summed E-state index contributed by atoms with van der Waals surface area (Å²) in [6, 6.07) is 13.2. The van der Waals surface area contributed by atoms with Crippen LogP contribution in [-0.2, 0) is 0 Å². The van der Waals surface area contributed by atoms with E-state index in [1.807, 2.05) is 42.5 Å². The molecule has 0 aliphatic rings. The molecule has 0 saturated heterocycles. The van der Waals surface area contributed by atoms with Gasteiger partial charge in [-0.15, -0.1) is 0 Å². The van der Waals surface area contributed by atoms with Crippen molar-refractivity contribution in [3.05, 3.63) is 57.5 Å². The lowest BCUT2D eigenvalue weighted by molar-refractivity contribution is 1.51. The van der Waals surface area contributed by atoms with Crippen LogP contribution in [0, 0.1) is 0 Å². The minimum atomic E-state index is 0.351. The maximum absolute atomic E-state index is 6.13. The van der Waals surface area contributed by atoms with Crippen LogP contribution in [0.3, 0.4) is 0 Å². The highest BCUT2D eigenvalue weighted by Gasteiger charge is 2.07. The summed E-state index contributed by atoms with van der Waals surface area (Å²) >= 11 is 14.6. The van der Waals surface area contributed by atoms with Crippen LogP contribution in [0.1, 0.15) is 5.56 Å². The minimum absolute atomic E-state index is 0.351. The first-order chi connectivity index (χ1) is 8.58. The van der Waals surface area contributed by atoms with Crippen molar-refractivity contribution in [1.82, 2.24) is 0 Å². The average molecular weight is 342 g/mol. The molecule has 0 aliphatic carbocycles. The summed E-state index contributed by atoms with van der Waals surface area (Å²) in [5, 5.41) is 3.87. The first kappa shape index (κ1) is 13.3. The highest BCUT2D eigenvalue weighted by molar-refractivity contribution is 9.10. The Labute approximate surface area is 124 Å². The molecule has 0 spiro atoms. The number of para-hydroxylation sites is 1. The first-order valence-corrected chi connectivity index (χ1v) is 6.77. The molecule has 0 aliphatic heterocycles. The number of hydrogen-bond donors (Lipinski definition) is 2. The van der Waals surface area contributed by atoms with Gasteiger partial charge in [0.2, 0.25) is 0 Å². The number of rotatable bonds is 3. The Morgan fingerprint density at radius 1 is 1.17 bits per heavy atom. The van der Waals surface area contributed by atoms with Crippen LogP contribution in [-0.4, -0.2) is 4.99 Å². The van der Waals surface area contributed by atoms with E-state index in [1.165, 1.54) is 0 Å². The van der Waals surface area contributed by atoms with E-state index in [-0.39, 0.29) is 0 Å². The Kier molecular flexibility index (Phi) is 4.22. The van der Waals surface area contributed by atoms with Crippen LogP contribution in [0.2, 0.25) is 5.02 Å². The predicted molar refractivity (Wildman–Crippen MR) is 84.8 cm³/mol. The molecule has 0 saturated carbocycles. The quantitative estimate of drug-likeness (QED) is 0.808. The van der Waals surface area contributed by atoms with Crippen molar-refractivity contribution in [2.24, 2.45) is 5.73 Å². The number of nitrogens with two attached hydrogens (primary N) is 1. The number of benzene rings is 2. The lowest BCUT2D eigenvalue weighted by atomic mass is 10.1. The molecule has 0 fully saturated rings. The van der Waals surface area contributed by atoms with Crippen LogP contribution in [0.25, 0.3) is 0 Å². The molecule has 0 unspecified atom stereocenters. The zero-order valence-electron chi connectivity index (χ0n) is 9.28. The topological polar surface area (TPSA) is 38.0 Å². The summed E-state index contributed by atoms with van der Waals surface area (Å²) < 4.78 is 0.946. The maximum atomic E-state index is 6.13. The van der Waals surface area contributed by atoms with E-state index in [9.17, 15) is 0 Å². The largest absolute Gasteiger partial charge is 0.389 e. The van der Waals surface area contributed by atoms with Gasteiger partial charge in [-0.2, -0.15) is 0 Å². The van der Waals surface area contributed by atoms with Crippen molar-refractivity contribution in [3.63, 3.8) is 0 Å². The SMILES string of the molecule is NC(=S)c1ccccc1Nc1cc(Br)ccc1Cl. The summed E-state index contributed by atoms with van der Waals surface area (Å²) in [6.07, 6.45) is 0. The molecule has 0 aromatic heterocycles. The fourth-order valence-corrected chi connectivity index (χ4v) is 2.25. The van der Waals surface area contributed by atoms with Gasteiger partial charge in [0.05, 0.1) is 10.7 Å². The molecule has 0 bridgehead atoms. The van der Waals surface area contributed by atoms with Crippen LogP contribution in [0.4, 0.5) is 11.4 Å². The third-order valence-electron chi connectivity index (χ3n) is 2.39. The van der Waals surface area contributed by atoms with Crippen molar-refractivity contribution >= 4 is 56.1 Å². The van der Waals surface area contributed by atoms with E-state index in [1.54, 1.807) is 0 Å². The lowest BCUT2D eigenvalue weighted by Gasteiger charge is -2.12. The average Bonchev–Trinajstić information content (AvgIpc) is 2.34. The Morgan fingerprint density at radius 3 is 2.61 bits per heavy atom. The van der Waals surface area contributed by atoms with Crippen LogP contribution < -0.4 is 11.1 Å². The maximum Gasteiger partial charge on any atom is 0.106 e. The molecule has 2 aromatic carbocycles. The van der Waals surface area contributed by atoms with E-state index >= 15 is 0 Å². The van der Waals surface area contributed by atoms with Crippen molar-refractivity contribution < 1.29 is 0 Å². The molecule has 2 aromatic rings. The Balaban J connectivity index is 2.40. The van der Waals surface area contributed by atoms with Crippen molar-refractivity contribution in [2.75, 3.05) is 5.32 Å². The molecule has 18 heavy (non-hydrogen) atoms. The Morgan fingerprint density at radius 2 is 1.89 bits per heavy atom. The summed E-state index contributed by atoms with van der Waals surface area (Å²) in [6.45, 7) is 0. The lowest BCUT2D eigenvalue weighted by Crippen LogP contribution is -2.11. The van der Waals surface area contributed by atoms with Gasteiger partial charge in [-0.05, 0) is 30.3 Å².